The molecule has 1 aliphatic carbocycles. The van der Waals surface area contributed by atoms with Crippen LogP contribution < -0.4 is 0 Å². The second kappa shape index (κ2) is 5.97. The summed E-state index contributed by atoms with van der Waals surface area (Å²) in [5.41, 5.74) is 2.04. The van der Waals surface area contributed by atoms with Crippen molar-refractivity contribution < 1.29 is 19.4 Å². The van der Waals surface area contributed by atoms with Crippen LogP contribution in [0.25, 0.3) is 0 Å². The smallest absolute Gasteiger partial charge is 0.334 e. The van der Waals surface area contributed by atoms with E-state index in [4.69, 9.17) is 4.74 Å². The van der Waals surface area contributed by atoms with E-state index in [0.717, 1.165) is 17.4 Å². The second-order valence-electron chi connectivity index (χ2n) is 4.96. The summed E-state index contributed by atoms with van der Waals surface area (Å²) in [6.45, 7) is 3.72. The molecule has 102 valence electrons. The lowest BCUT2D eigenvalue weighted by Gasteiger charge is -2.17. The van der Waals surface area contributed by atoms with E-state index >= 15 is 0 Å². The van der Waals surface area contributed by atoms with E-state index in [-0.39, 0.29) is 24.6 Å². The highest BCUT2D eigenvalue weighted by atomic mass is 16.5. The molecule has 0 amide bonds. The summed E-state index contributed by atoms with van der Waals surface area (Å²) in [6, 6.07) is 0. The van der Waals surface area contributed by atoms with E-state index in [1.807, 2.05) is 12.2 Å². The zero-order chi connectivity index (χ0) is 13.8. The second-order valence-corrected chi connectivity index (χ2v) is 4.96. The summed E-state index contributed by atoms with van der Waals surface area (Å²) < 4.78 is 5.28. The minimum absolute atomic E-state index is 0.0580. The van der Waals surface area contributed by atoms with Gasteiger partial charge in [0.2, 0.25) is 0 Å². The molecule has 2 aliphatic rings. The van der Waals surface area contributed by atoms with Crippen LogP contribution in [0.1, 0.15) is 25.7 Å². The van der Waals surface area contributed by atoms with E-state index in [2.05, 4.69) is 6.58 Å². The maximum absolute atomic E-state index is 11.6. The average molecular weight is 262 g/mol. The molecular weight excluding hydrogens is 244 g/mol. The Bertz CT molecular complexity index is 459. The fourth-order valence-corrected chi connectivity index (χ4v) is 2.54. The summed E-state index contributed by atoms with van der Waals surface area (Å²) in [4.78, 5) is 22.5. The quantitative estimate of drug-likeness (QED) is 0.356. The number of aliphatic hydroxyl groups is 1. The number of carbonyl (C=O) groups excluding carboxylic acids is 2. The molecule has 0 radical (unpaired) electrons. The molecule has 4 nitrogen and oxygen atoms in total. The Morgan fingerprint density at radius 2 is 2.26 bits per heavy atom. The monoisotopic (exact) mass is 262 g/mol. The van der Waals surface area contributed by atoms with Gasteiger partial charge < -0.3 is 9.84 Å². The molecule has 19 heavy (non-hydrogen) atoms. The Morgan fingerprint density at radius 1 is 1.47 bits per heavy atom. The summed E-state index contributed by atoms with van der Waals surface area (Å²) in [5, 5.41) is 9.32. The third-order valence-electron chi connectivity index (χ3n) is 3.72. The zero-order valence-electron chi connectivity index (χ0n) is 10.8. The van der Waals surface area contributed by atoms with Crippen molar-refractivity contribution in [1.82, 2.24) is 0 Å². The van der Waals surface area contributed by atoms with Gasteiger partial charge in [-0.2, -0.15) is 0 Å². The molecule has 0 bridgehead atoms. The Labute approximate surface area is 112 Å². The lowest BCUT2D eigenvalue weighted by atomic mass is 9.88. The Hall–Kier alpha value is -1.68. The van der Waals surface area contributed by atoms with Crippen LogP contribution in [0.2, 0.25) is 0 Å². The number of ether oxygens (including phenoxy) is 1. The first-order valence-electron chi connectivity index (χ1n) is 6.50. The van der Waals surface area contributed by atoms with Crippen LogP contribution in [0.4, 0.5) is 0 Å². The fourth-order valence-electron chi connectivity index (χ4n) is 2.54. The van der Waals surface area contributed by atoms with Crippen LogP contribution in [-0.4, -0.2) is 30.1 Å². The van der Waals surface area contributed by atoms with Gasteiger partial charge in [0, 0.05) is 11.5 Å². The predicted molar refractivity (Wildman–Crippen MR) is 70.3 cm³/mol. The lowest BCUT2D eigenvalue weighted by molar-refractivity contribution is -0.137. The molecule has 4 heteroatoms. The van der Waals surface area contributed by atoms with Gasteiger partial charge in [-0.05, 0) is 42.9 Å². The van der Waals surface area contributed by atoms with Crippen LogP contribution >= 0.6 is 0 Å². The Balaban J connectivity index is 2.27. The molecule has 0 aromatic heterocycles. The summed E-state index contributed by atoms with van der Waals surface area (Å²) in [7, 11) is 0. The highest BCUT2D eigenvalue weighted by Crippen LogP contribution is 2.33. The topological polar surface area (TPSA) is 63.6 Å². The third kappa shape index (κ3) is 3.01. The van der Waals surface area contributed by atoms with Crippen LogP contribution in [-0.2, 0) is 14.3 Å². The first kappa shape index (κ1) is 13.7. The third-order valence-corrected chi connectivity index (χ3v) is 3.72. The number of allylic oxidation sites excluding steroid dienone is 2. The molecule has 0 spiro atoms. The standard InChI is InChI=1S/C15H18O4/c1-10-13-6-5-11(8-16)3-2-4-12(9-17)7-14(13)19-15(10)18/h3,7-8,13-14,17H,1-2,4-6,9H2/b11-3+,12-7+. The van der Waals surface area contributed by atoms with Gasteiger partial charge in [-0.3, -0.25) is 4.79 Å². The number of rotatable bonds is 2. The Morgan fingerprint density at radius 3 is 2.95 bits per heavy atom. The van der Waals surface area contributed by atoms with Crippen molar-refractivity contribution in [2.75, 3.05) is 6.61 Å². The van der Waals surface area contributed by atoms with Gasteiger partial charge in [0.05, 0.1) is 6.61 Å². The molecule has 2 atom stereocenters. The van der Waals surface area contributed by atoms with Crippen molar-refractivity contribution in [3.63, 3.8) is 0 Å². The molecule has 2 unspecified atom stereocenters. The van der Waals surface area contributed by atoms with Crippen LogP contribution in [0.15, 0.2) is 35.5 Å². The van der Waals surface area contributed by atoms with Crippen molar-refractivity contribution in [3.8, 4) is 0 Å². The molecule has 1 saturated heterocycles. The van der Waals surface area contributed by atoms with Gasteiger partial charge in [-0.25, -0.2) is 4.79 Å². The minimum Gasteiger partial charge on any atom is -0.454 e. The number of esters is 1. The lowest BCUT2D eigenvalue weighted by Crippen LogP contribution is -2.16. The highest BCUT2D eigenvalue weighted by Gasteiger charge is 2.37. The molecule has 1 fully saturated rings. The number of aldehydes is 1. The fraction of sp³-hybridized carbons (Fsp3) is 0.467. The van der Waals surface area contributed by atoms with Gasteiger partial charge in [0.15, 0.2) is 0 Å². The van der Waals surface area contributed by atoms with Crippen LogP contribution in [0.5, 0.6) is 0 Å². The predicted octanol–water partition coefficient (Wildman–Crippen LogP) is 1.70. The van der Waals surface area contributed by atoms with Gasteiger partial charge in [0.25, 0.3) is 0 Å². The number of fused-ring (bicyclic) bond motifs is 1. The van der Waals surface area contributed by atoms with Crippen molar-refractivity contribution in [2.24, 2.45) is 5.92 Å². The van der Waals surface area contributed by atoms with E-state index < -0.39 is 0 Å². The normalized spacial score (nSPS) is 33.5. The summed E-state index contributed by atoms with van der Waals surface area (Å²) in [5.74, 6) is -0.477. The van der Waals surface area contributed by atoms with Gasteiger partial charge in [0.1, 0.15) is 12.4 Å². The number of hydrogen-bond acceptors (Lipinski definition) is 4. The molecule has 1 heterocycles. The van der Waals surface area contributed by atoms with E-state index in [9.17, 15) is 14.7 Å². The number of aliphatic hydroxyl groups excluding tert-OH is 1. The molecule has 2 rings (SSSR count). The van der Waals surface area contributed by atoms with Crippen molar-refractivity contribution in [3.05, 3.63) is 35.5 Å². The summed E-state index contributed by atoms with van der Waals surface area (Å²) >= 11 is 0. The highest BCUT2D eigenvalue weighted by molar-refractivity contribution is 5.91. The average Bonchev–Trinajstić information content (AvgIpc) is 2.68. The molecule has 0 aromatic carbocycles. The number of hydrogen-bond donors (Lipinski definition) is 1. The molecule has 0 aromatic rings. The van der Waals surface area contributed by atoms with Crippen LogP contribution in [0.3, 0.4) is 0 Å². The Kier molecular flexibility index (Phi) is 4.32. The molecular formula is C15H18O4. The van der Waals surface area contributed by atoms with E-state index in [0.29, 0.717) is 31.3 Å². The summed E-state index contributed by atoms with van der Waals surface area (Å²) in [6.07, 6.45) is 6.91. The van der Waals surface area contributed by atoms with Crippen LogP contribution in [0, 0.1) is 5.92 Å². The van der Waals surface area contributed by atoms with Crippen molar-refractivity contribution in [1.29, 1.82) is 0 Å². The SMILES string of the molecule is C=C1C(=O)OC2/C=C(/CO)CC/C=C(/C=O)CCC12. The zero-order valence-corrected chi connectivity index (χ0v) is 10.8. The van der Waals surface area contributed by atoms with E-state index in [1.165, 1.54) is 0 Å². The molecule has 1 aliphatic heterocycles. The minimum atomic E-state index is -0.376. The molecule has 0 saturated carbocycles. The first-order chi connectivity index (χ1) is 9.15. The maximum atomic E-state index is 11.6. The number of carbonyl (C=O) groups is 2. The van der Waals surface area contributed by atoms with Gasteiger partial charge >= 0.3 is 5.97 Å². The van der Waals surface area contributed by atoms with Gasteiger partial charge in [-0.15, -0.1) is 0 Å². The van der Waals surface area contributed by atoms with E-state index in [1.54, 1.807) is 0 Å². The van der Waals surface area contributed by atoms with Gasteiger partial charge in [-0.1, -0.05) is 12.7 Å². The van der Waals surface area contributed by atoms with Crippen molar-refractivity contribution in [2.45, 2.75) is 31.8 Å². The first-order valence-corrected chi connectivity index (χ1v) is 6.50. The maximum Gasteiger partial charge on any atom is 0.334 e. The largest absolute Gasteiger partial charge is 0.454 e. The molecule has 1 N–H and O–H groups in total. The van der Waals surface area contributed by atoms with Crippen molar-refractivity contribution >= 4 is 12.3 Å².